The van der Waals surface area contributed by atoms with E-state index in [9.17, 15) is 4.79 Å². The predicted octanol–water partition coefficient (Wildman–Crippen LogP) is 1.16. The number of imidazole rings is 1. The molecule has 4 nitrogen and oxygen atoms in total. The molecule has 0 saturated carbocycles. The number of carbonyl (C=O) groups excluding carboxylic acids is 1. The topological polar surface area (TPSA) is 44.1 Å². The molecule has 0 N–H and O–H groups in total. The molecule has 0 amide bonds. The van der Waals surface area contributed by atoms with Gasteiger partial charge >= 0.3 is 5.97 Å². The Morgan fingerprint density at radius 2 is 2.93 bits per heavy atom. The van der Waals surface area contributed by atoms with Crippen LogP contribution in [0.1, 0.15) is 35.4 Å². The number of nitrogens with zero attached hydrogens (tertiary/aromatic N) is 2. The zero-order valence-electron chi connectivity index (χ0n) is 19.6. The van der Waals surface area contributed by atoms with Crippen molar-refractivity contribution in [1.29, 1.82) is 0 Å². The standard InChI is InChI=1S/C11H16N2O2/c1-3-10-8(6-15-11(10)14)4-9-5-12-7-13(9)2/h5,7-8,10H,3-4,6H2,1-2H3/t8-,10-/m0/s1/i1D3,2D3,5D,6D2,7D,8D,10D. The van der Waals surface area contributed by atoms with Crippen LogP contribution in [0.5, 0.6) is 0 Å². The van der Waals surface area contributed by atoms with Gasteiger partial charge in [-0.15, -0.1) is 0 Å². The van der Waals surface area contributed by atoms with Crippen molar-refractivity contribution >= 4 is 5.97 Å². The summed E-state index contributed by atoms with van der Waals surface area (Å²) in [5.74, 6) is -7.38. The second-order valence-electron chi connectivity index (χ2n) is 2.91. The maximum atomic E-state index is 12.1. The fraction of sp³-hybridized carbons (Fsp3) is 0.636. The first-order chi connectivity index (χ1) is 11.9. The van der Waals surface area contributed by atoms with Gasteiger partial charge < -0.3 is 9.30 Å². The van der Waals surface area contributed by atoms with Gasteiger partial charge in [-0.25, -0.2) is 4.98 Å². The van der Waals surface area contributed by atoms with Gasteiger partial charge in [-0.1, -0.05) is 6.85 Å². The number of aromatic nitrogens is 2. The zero-order valence-corrected chi connectivity index (χ0v) is 7.63. The van der Waals surface area contributed by atoms with Gasteiger partial charge in [-0.3, -0.25) is 4.79 Å². The van der Waals surface area contributed by atoms with E-state index in [4.69, 9.17) is 16.4 Å². The molecule has 15 heavy (non-hydrogen) atoms. The number of hydrogen-bond acceptors (Lipinski definition) is 3. The quantitative estimate of drug-likeness (QED) is 0.718. The molecule has 0 aromatic carbocycles. The normalized spacial score (nSPS) is 52.1. The van der Waals surface area contributed by atoms with Crippen LogP contribution in [-0.4, -0.2) is 22.1 Å². The van der Waals surface area contributed by atoms with Crippen LogP contribution in [0.2, 0.25) is 0 Å². The molecule has 0 bridgehead atoms. The lowest BCUT2D eigenvalue weighted by molar-refractivity contribution is -0.141. The molecule has 2 heterocycles. The van der Waals surface area contributed by atoms with Crippen molar-refractivity contribution < 1.29 is 26.0 Å². The summed E-state index contributed by atoms with van der Waals surface area (Å²) in [6.07, 6.45) is -3.87. The smallest absolute Gasteiger partial charge is 0.309 e. The molecule has 1 aromatic rings. The number of carbonyl (C=O) groups is 1. The van der Waals surface area contributed by atoms with Crippen molar-refractivity contribution in [3.05, 3.63) is 18.2 Å². The van der Waals surface area contributed by atoms with Crippen molar-refractivity contribution in [1.82, 2.24) is 9.55 Å². The van der Waals surface area contributed by atoms with Crippen LogP contribution in [0.25, 0.3) is 0 Å². The van der Waals surface area contributed by atoms with E-state index in [1.807, 2.05) is 0 Å². The molecule has 1 saturated heterocycles. The zero-order chi connectivity index (χ0) is 21.2. The predicted molar refractivity (Wildman–Crippen MR) is 55.1 cm³/mol. The third kappa shape index (κ3) is 1.89. The number of hydrogen-bond donors (Lipinski definition) is 0. The molecule has 1 aliphatic rings. The lowest BCUT2D eigenvalue weighted by Crippen LogP contribution is -2.18. The van der Waals surface area contributed by atoms with Gasteiger partial charge in [-0.2, -0.15) is 0 Å². The number of ether oxygens (including phenoxy) is 1. The second-order valence-corrected chi connectivity index (χ2v) is 2.91. The van der Waals surface area contributed by atoms with Crippen molar-refractivity contribution in [2.75, 3.05) is 6.56 Å². The first-order valence-electron chi connectivity index (χ1n) is 10.1. The summed E-state index contributed by atoms with van der Waals surface area (Å²) in [5, 5.41) is 0. The Kier molecular flexibility index (Phi) is 0.833. The van der Waals surface area contributed by atoms with Crippen molar-refractivity contribution in [3.8, 4) is 0 Å². The number of cyclic esters (lactones) is 1. The van der Waals surface area contributed by atoms with Gasteiger partial charge in [0.1, 0.15) is 1.37 Å². The Morgan fingerprint density at radius 1 is 2.00 bits per heavy atom. The van der Waals surface area contributed by atoms with E-state index in [-0.39, 0.29) is 0 Å². The third-order valence-electron chi connectivity index (χ3n) is 2.00. The summed E-state index contributed by atoms with van der Waals surface area (Å²) in [6.45, 7) is -9.03. The van der Waals surface area contributed by atoms with Crippen molar-refractivity contribution in [2.24, 2.45) is 18.8 Å². The fourth-order valence-electron chi connectivity index (χ4n) is 1.21. The van der Waals surface area contributed by atoms with Gasteiger partial charge in [-0.05, 0) is 12.8 Å². The van der Waals surface area contributed by atoms with E-state index in [0.29, 0.717) is 4.57 Å². The molecular formula is C11H16N2O2. The molecule has 1 aliphatic heterocycles. The molecule has 82 valence electrons. The largest absolute Gasteiger partial charge is 0.465 e. The van der Waals surface area contributed by atoms with Crippen molar-refractivity contribution in [2.45, 2.75) is 19.7 Å². The highest BCUT2D eigenvalue weighted by Crippen LogP contribution is 2.27. The van der Waals surface area contributed by atoms with E-state index in [2.05, 4.69) is 9.72 Å². The molecule has 0 spiro atoms. The molecular weight excluding hydrogens is 192 g/mol. The third-order valence-corrected chi connectivity index (χ3v) is 2.00. The number of rotatable bonds is 3. The Labute approximate surface area is 106 Å². The van der Waals surface area contributed by atoms with Crippen LogP contribution in [-0.2, 0) is 22.9 Å². The fourth-order valence-corrected chi connectivity index (χ4v) is 1.21. The summed E-state index contributed by atoms with van der Waals surface area (Å²) >= 11 is 0. The van der Waals surface area contributed by atoms with E-state index < -0.39 is 69.2 Å². The van der Waals surface area contributed by atoms with E-state index in [1.165, 1.54) is 0 Å². The molecule has 2 atom stereocenters. The van der Waals surface area contributed by atoms with Crippen LogP contribution in [0, 0.1) is 11.8 Å². The second kappa shape index (κ2) is 4.04. The Morgan fingerprint density at radius 3 is 3.73 bits per heavy atom. The van der Waals surface area contributed by atoms with Crippen LogP contribution in [0.3, 0.4) is 0 Å². The molecule has 1 fully saturated rings. The van der Waals surface area contributed by atoms with Gasteiger partial charge in [0.25, 0.3) is 0 Å². The van der Waals surface area contributed by atoms with E-state index >= 15 is 0 Å². The van der Waals surface area contributed by atoms with E-state index in [1.54, 1.807) is 0 Å². The Bertz CT molecular complexity index is 769. The summed E-state index contributed by atoms with van der Waals surface area (Å²) in [7, 11) is 0. The highest BCUT2D eigenvalue weighted by Gasteiger charge is 2.35. The summed E-state index contributed by atoms with van der Waals surface area (Å²) in [5.41, 5.74) is -0.598. The maximum Gasteiger partial charge on any atom is 0.309 e. The minimum Gasteiger partial charge on any atom is -0.465 e. The molecule has 1 aromatic heterocycles. The van der Waals surface area contributed by atoms with Crippen LogP contribution in [0.4, 0.5) is 0 Å². The highest BCUT2D eigenvalue weighted by atomic mass is 16.5. The monoisotopic (exact) mass is 220 g/mol. The Hall–Kier alpha value is -1.32. The van der Waals surface area contributed by atoms with Gasteiger partial charge in [0.05, 0.1) is 22.9 Å². The minimum absolute atomic E-state index is 0.306. The van der Waals surface area contributed by atoms with E-state index in [0.717, 1.165) is 0 Å². The maximum absolute atomic E-state index is 12.1. The Balaban J connectivity index is 2.66. The highest BCUT2D eigenvalue weighted by molar-refractivity contribution is 5.74. The number of esters is 1. The minimum atomic E-state index is -3.14. The molecule has 2 rings (SSSR count). The average molecular weight is 220 g/mol. The van der Waals surface area contributed by atoms with Gasteiger partial charge in [0.15, 0.2) is 0 Å². The van der Waals surface area contributed by atoms with Gasteiger partial charge in [0, 0.05) is 35.7 Å². The summed E-state index contributed by atoms with van der Waals surface area (Å²) in [4.78, 5) is 15.5. The average Bonchev–Trinajstić information content (AvgIpc) is 2.74. The van der Waals surface area contributed by atoms with Gasteiger partial charge in [0.2, 0.25) is 0 Å². The molecule has 0 unspecified atom stereocenters. The van der Waals surface area contributed by atoms with Crippen LogP contribution >= 0.6 is 0 Å². The summed E-state index contributed by atoms with van der Waals surface area (Å²) in [6, 6.07) is 0. The summed E-state index contributed by atoms with van der Waals surface area (Å²) < 4.78 is 96.8. The first-order valence-corrected chi connectivity index (χ1v) is 4.14. The van der Waals surface area contributed by atoms with Crippen LogP contribution < -0.4 is 0 Å². The molecule has 0 radical (unpaired) electrons. The lowest BCUT2D eigenvalue weighted by Gasteiger charge is -2.12. The molecule has 4 heteroatoms. The SMILES string of the molecule is [2H]c1nc([2H])n(C([2H])([2H])[2H])c1C[C@@]1([2H])C([2H])([2H])OC(=O)[C@@]1([2H])CC([2H])([2H])[2H]. The first kappa shape index (κ1) is 3.09. The molecule has 0 aliphatic carbocycles. The van der Waals surface area contributed by atoms with Crippen LogP contribution in [0.15, 0.2) is 12.5 Å². The lowest BCUT2D eigenvalue weighted by atomic mass is 9.89. The van der Waals surface area contributed by atoms with Crippen molar-refractivity contribution in [3.63, 3.8) is 0 Å².